The van der Waals surface area contributed by atoms with E-state index >= 15 is 0 Å². The van der Waals surface area contributed by atoms with E-state index in [-0.39, 0.29) is 30.1 Å². The topological polar surface area (TPSA) is 55.2 Å². The quantitative estimate of drug-likeness (QED) is 0.851. The van der Waals surface area contributed by atoms with Gasteiger partial charge in [0.2, 0.25) is 5.91 Å². The number of carbonyl (C=O) groups is 1. The van der Waals surface area contributed by atoms with Crippen molar-refractivity contribution in [3.05, 3.63) is 27.6 Å². The minimum absolute atomic E-state index is 0.0371. The van der Waals surface area contributed by atoms with Crippen LogP contribution in [-0.2, 0) is 17.8 Å². The average molecular weight is 321 g/mol. The third kappa shape index (κ3) is 3.21. The Hall–Kier alpha value is -1.69. The highest BCUT2D eigenvalue weighted by molar-refractivity contribution is 7.18. The fraction of sp³-hybridized carbons (Fsp3) is 0.562. The molecule has 0 aliphatic carbocycles. The summed E-state index contributed by atoms with van der Waals surface area (Å²) in [5.41, 5.74) is -0.137. The largest absolute Gasteiger partial charge is 0.336 e. The zero-order valence-corrected chi connectivity index (χ0v) is 14.6. The van der Waals surface area contributed by atoms with Gasteiger partial charge in [-0.1, -0.05) is 6.92 Å². The van der Waals surface area contributed by atoms with E-state index in [1.165, 1.54) is 22.2 Å². The van der Waals surface area contributed by atoms with Crippen LogP contribution in [0.1, 0.15) is 39.5 Å². The van der Waals surface area contributed by atoms with Crippen LogP contribution in [0, 0.1) is 0 Å². The number of carbonyl (C=O) groups excluding carboxylic acids is 1. The highest BCUT2D eigenvalue weighted by Gasteiger charge is 2.21. The first-order chi connectivity index (χ1) is 10.3. The Kier molecular flexibility index (Phi) is 5.01. The van der Waals surface area contributed by atoms with Crippen molar-refractivity contribution >= 4 is 27.5 Å². The smallest absolute Gasteiger partial charge is 0.262 e. The van der Waals surface area contributed by atoms with Crippen LogP contribution in [0.5, 0.6) is 0 Å². The molecule has 0 unspecified atom stereocenters. The van der Waals surface area contributed by atoms with Gasteiger partial charge in [0.05, 0.1) is 11.7 Å². The van der Waals surface area contributed by atoms with Crippen molar-refractivity contribution in [2.24, 2.45) is 0 Å². The molecule has 2 aromatic heterocycles. The van der Waals surface area contributed by atoms with Gasteiger partial charge in [-0.05, 0) is 40.2 Å². The summed E-state index contributed by atoms with van der Waals surface area (Å²) in [7, 11) is 0. The molecule has 5 nitrogen and oxygen atoms in total. The number of amides is 1. The Balaban J connectivity index is 2.33. The van der Waals surface area contributed by atoms with Crippen LogP contribution >= 0.6 is 11.3 Å². The fourth-order valence-corrected chi connectivity index (χ4v) is 3.62. The first-order valence-corrected chi connectivity index (χ1v) is 8.45. The Labute approximate surface area is 134 Å². The lowest BCUT2D eigenvalue weighted by Gasteiger charge is -2.30. The van der Waals surface area contributed by atoms with Crippen LogP contribution in [0.2, 0.25) is 0 Å². The molecule has 2 rings (SSSR count). The van der Waals surface area contributed by atoms with Crippen LogP contribution in [-0.4, -0.2) is 32.4 Å². The third-order valence-corrected chi connectivity index (χ3v) is 4.81. The molecule has 0 aliphatic heterocycles. The molecule has 0 fully saturated rings. The molecule has 0 radical (unpaired) electrons. The van der Waals surface area contributed by atoms with Crippen molar-refractivity contribution in [1.29, 1.82) is 0 Å². The van der Waals surface area contributed by atoms with Crippen LogP contribution in [0.3, 0.4) is 0 Å². The van der Waals surface area contributed by atoms with Crippen LogP contribution < -0.4 is 5.56 Å². The molecule has 0 saturated heterocycles. The van der Waals surface area contributed by atoms with Gasteiger partial charge >= 0.3 is 0 Å². The highest BCUT2D eigenvalue weighted by atomic mass is 32.1. The molecule has 0 atom stereocenters. The molecule has 0 aromatic carbocycles. The zero-order chi connectivity index (χ0) is 16.4. The lowest BCUT2D eigenvalue weighted by molar-refractivity contribution is -0.135. The van der Waals surface area contributed by atoms with Gasteiger partial charge in [0.15, 0.2) is 0 Å². The summed E-state index contributed by atoms with van der Waals surface area (Å²) in [5, 5.41) is 0.609. The van der Waals surface area contributed by atoms with Gasteiger partial charge in [0.25, 0.3) is 5.56 Å². The summed E-state index contributed by atoms with van der Waals surface area (Å²) < 4.78 is 1.41. The molecule has 1 amide bonds. The second-order valence-corrected chi connectivity index (χ2v) is 7.07. The third-order valence-electron chi connectivity index (χ3n) is 3.62. The number of rotatable bonds is 5. The van der Waals surface area contributed by atoms with Gasteiger partial charge in [0, 0.05) is 17.0 Å². The van der Waals surface area contributed by atoms with E-state index < -0.39 is 0 Å². The highest BCUT2D eigenvalue weighted by Crippen LogP contribution is 2.21. The average Bonchev–Trinajstić information content (AvgIpc) is 2.85. The minimum Gasteiger partial charge on any atom is -0.336 e. The summed E-state index contributed by atoms with van der Waals surface area (Å²) in [5.74, 6) is -0.0563. The summed E-state index contributed by atoms with van der Waals surface area (Å²) in [6.45, 7) is 10.0. The van der Waals surface area contributed by atoms with Crippen molar-refractivity contribution in [3.8, 4) is 0 Å². The van der Waals surface area contributed by atoms with Gasteiger partial charge in [-0.3, -0.25) is 14.2 Å². The van der Waals surface area contributed by atoms with Gasteiger partial charge in [-0.15, -0.1) is 11.3 Å². The molecule has 120 valence electrons. The maximum absolute atomic E-state index is 12.5. The van der Waals surface area contributed by atoms with Gasteiger partial charge in [0.1, 0.15) is 11.4 Å². The Bertz CT molecular complexity index is 723. The maximum Gasteiger partial charge on any atom is 0.262 e. The van der Waals surface area contributed by atoms with E-state index in [0.29, 0.717) is 5.39 Å². The summed E-state index contributed by atoms with van der Waals surface area (Å²) in [4.78, 5) is 33.0. The van der Waals surface area contributed by atoms with Gasteiger partial charge in [-0.25, -0.2) is 4.98 Å². The SMILES string of the molecule is CCc1cc2c(=O)n(CC(=O)N(C(C)C)C(C)C)cnc2s1. The molecule has 0 spiro atoms. The number of hydrogen-bond acceptors (Lipinski definition) is 4. The molecule has 2 heterocycles. The zero-order valence-electron chi connectivity index (χ0n) is 13.8. The number of hydrogen-bond donors (Lipinski definition) is 0. The number of thiophene rings is 1. The van der Waals surface area contributed by atoms with Crippen molar-refractivity contribution in [3.63, 3.8) is 0 Å². The molecule has 0 aliphatic rings. The summed E-state index contributed by atoms with van der Waals surface area (Å²) in [6.07, 6.45) is 2.37. The Morgan fingerprint density at radius 2 is 1.95 bits per heavy atom. The second-order valence-electron chi connectivity index (χ2n) is 5.95. The minimum atomic E-state index is -0.137. The van der Waals surface area contributed by atoms with E-state index in [9.17, 15) is 9.59 Å². The monoisotopic (exact) mass is 321 g/mol. The lowest BCUT2D eigenvalue weighted by Crippen LogP contribution is -2.44. The van der Waals surface area contributed by atoms with Crippen molar-refractivity contribution in [1.82, 2.24) is 14.5 Å². The first kappa shape index (κ1) is 16.7. The van der Waals surface area contributed by atoms with Crippen molar-refractivity contribution in [2.75, 3.05) is 0 Å². The Morgan fingerprint density at radius 1 is 1.32 bits per heavy atom. The molecular weight excluding hydrogens is 298 g/mol. The molecule has 0 bridgehead atoms. The van der Waals surface area contributed by atoms with Crippen LogP contribution in [0.4, 0.5) is 0 Å². The molecular formula is C16H23N3O2S. The summed E-state index contributed by atoms with van der Waals surface area (Å²) >= 11 is 1.54. The molecule has 22 heavy (non-hydrogen) atoms. The maximum atomic E-state index is 12.5. The van der Waals surface area contributed by atoms with E-state index in [2.05, 4.69) is 11.9 Å². The molecule has 6 heteroatoms. The van der Waals surface area contributed by atoms with E-state index in [1.807, 2.05) is 33.8 Å². The number of fused-ring (bicyclic) bond motifs is 1. The fourth-order valence-electron chi connectivity index (χ4n) is 2.70. The number of aromatic nitrogens is 2. The normalized spacial score (nSPS) is 11.6. The van der Waals surface area contributed by atoms with Gasteiger partial charge < -0.3 is 4.90 Å². The predicted molar refractivity (Wildman–Crippen MR) is 90.4 cm³/mol. The van der Waals surface area contributed by atoms with Crippen molar-refractivity contribution < 1.29 is 4.79 Å². The lowest BCUT2D eigenvalue weighted by atomic mass is 10.2. The van der Waals surface area contributed by atoms with E-state index in [0.717, 1.165) is 16.1 Å². The van der Waals surface area contributed by atoms with E-state index in [4.69, 9.17) is 0 Å². The summed E-state index contributed by atoms with van der Waals surface area (Å²) in [6, 6.07) is 2.10. The molecule has 2 aromatic rings. The van der Waals surface area contributed by atoms with Crippen molar-refractivity contribution in [2.45, 2.75) is 59.7 Å². The first-order valence-electron chi connectivity index (χ1n) is 7.64. The predicted octanol–water partition coefficient (Wildman–Crippen LogP) is 2.67. The molecule has 0 N–H and O–H groups in total. The number of nitrogens with zero attached hydrogens (tertiary/aromatic N) is 3. The Morgan fingerprint density at radius 3 is 2.50 bits per heavy atom. The van der Waals surface area contributed by atoms with Crippen LogP contribution in [0.25, 0.3) is 10.2 Å². The molecule has 0 saturated carbocycles. The second kappa shape index (κ2) is 6.60. The van der Waals surface area contributed by atoms with Crippen LogP contribution in [0.15, 0.2) is 17.2 Å². The van der Waals surface area contributed by atoms with Gasteiger partial charge in [-0.2, -0.15) is 0 Å². The standard InChI is InChI=1S/C16H23N3O2S/c1-6-12-7-13-15(22-12)17-9-18(16(13)21)8-14(20)19(10(2)3)11(4)5/h7,9-11H,6,8H2,1-5H3. The number of aryl methyl sites for hydroxylation is 1. The van der Waals surface area contributed by atoms with E-state index in [1.54, 1.807) is 4.90 Å².